The van der Waals surface area contributed by atoms with Gasteiger partial charge in [-0.3, -0.25) is 19.3 Å². The lowest BCUT2D eigenvalue weighted by atomic mass is 10.1. The number of hydrogen-bond acceptors (Lipinski definition) is 3. The first-order chi connectivity index (χ1) is 10.1. The third-order valence-corrected chi connectivity index (χ3v) is 3.62. The Morgan fingerprint density at radius 1 is 0.857 bits per heavy atom. The van der Waals surface area contributed by atoms with Gasteiger partial charge in [-0.2, -0.15) is 0 Å². The Morgan fingerprint density at radius 2 is 1.33 bits per heavy atom. The summed E-state index contributed by atoms with van der Waals surface area (Å²) in [7, 11) is 0. The molecule has 0 N–H and O–H groups in total. The number of hydrogen-bond donors (Lipinski definition) is 0. The van der Waals surface area contributed by atoms with E-state index in [2.05, 4.69) is 0 Å². The molecule has 104 valence electrons. The predicted molar refractivity (Wildman–Crippen MR) is 77.0 cm³/mol. The van der Waals surface area contributed by atoms with E-state index in [0.717, 1.165) is 4.90 Å². The number of fused-ring (bicyclic) bond motifs is 1. The van der Waals surface area contributed by atoms with Crippen LogP contribution in [0.15, 0.2) is 54.6 Å². The van der Waals surface area contributed by atoms with Gasteiger partial charge in [0.1, 0.15) is 6.04 Å². The van der Waals surface area contributed by atoms with E-state index < -0.39 is 23.1 Å². The highest BCUT2D eigenvalue weighted by molar-refractivity contribution is 6.65. The second kappa shape index (κ2) is 5.14. The van der Waals surface area contributed by atoms with Gasteiger partial charge in [-0.25, -0.2) is 0 Å². The summed E-state index contributed by atoms with van der Waals surface area (Å²) in [6, 6.07) is 13.9. The smallest absolute Gasteiger partial charge is 0.262 e. The van der Waals surface area contributed by atoms with Crippen LogP contribution in [0.2, 0.25) is 0 Å². The summed E-state index contributed by atoms with van der Waals surface area (Å²) in [4.78, 5) is 37.6. The maximum Gasteiger partial charge on any atom is 0.262 e. The number of carbonyl (C=O) groups excluding carboxylic acids is 3. The van der Waals surface area contributed by atoms with Gasteiger partial charge in [-0.15, -0.1) is 0 Å². The van der Waals surface area contributed by atoms with Crippen molar-refractivity contribution in [1.82, 2.24) is 4.90 Å². The van der Waals surface area contributed by atoms with Gasteiger partial charge in [0.25, 0.3) is 11.8 Å². The van der Waals surface area contributed by atoms with Gasteiger partial charge >= 0.3 is 0 Å². The van der Waals surface area contributed by atoms with Gasteiger partial charge in [0, 0.05) is 0 Å². The summed E-state index contributed by atoms with van der Waals surface area (Å²) >= 11 is 5.65. The molecule has 0 fully saturated rings. The minimum atomic E-state index is -1.11. The number of rotatable bonds is 3. The quantitative estimate of drug-likeness (QED) is 0.647. The minimum absolute atomic E-state index is 0.293. The molecular formula is C16H10ClNO3. The molecule has 1 aliphatic heterocycles. The highest BCUT2D eigenvalue weighted by Gasteiger charge is 2.42. The van der Waals surface area contributed by atoms with Crippen molar-refractivity contribution < 1.29 is 14.4 Å². The Labute approximate surface area is 125 Å². The van der Waals surface area contributed by atoms with Crippen LogP contribution in [0.3, 0.4) is 0 Å². The van der Waals surface area contributed by atoms with Crippen molar-refractivity contribution in [3.63, 3.8) is 0 Å². The number of nitrogens with zero attached hydrogens (tertiary/aromatic N) is 1. The van der Waals surface area contributed by atoms with Gasteiger partial charge in [0.2, 0.25) is 5.24 Å². The third kappa shape index (κ3) is 2.14. The van der Waals surface area contributed by atoms with Crippen LogP contribution in [0.25, 0.3) is 0 Å². The lowest BCUT2D eigenvalue weighted by molar-refractivity contribution is -0.115. The molecule has 0 radical (unpaired) electrons. The number of amides is 2. The van der Waals surface area contributed by atoms with Crippen LogP contribution in [0.5, 0.6) is 0 Å². The van der Waals surface area contributed by atoms with Crippen LogP contribution in [0.1, 0.15) is 32.3 Å². The van der Waals surface area contributed by atoms with Gasteiger partial charge in [-0.05, 0) is 29.3 Å². The fourth-order valence-electron chi connectivity index (χ4n) is 2.46. The lowest BCUT2D eigenvalue weighted by Crippen LogP contribution is -2.37. The van der Waals surface area contributed by atoms with Crippen molar-refractivity contribution in [1.29, 1.82) is 0 Å². The Hall–Kier alpha value is -2.46. The summed E-state index contributed by atoms with van der Waals surface area (Å²) in [5, 5.41) is -0.768. The molecule has 2 aromatic carbocycles. The molecule has 1 atom stereocenters. The summed E-state index contributed by atoms with van der Waals surface area (Å²) in [5.41, 5.74) is 1.09. The van der Waals surface area contributed by atoms with E-state index in [-0.39, 0.29) is 0 Å². The van der Waals surface area contributed by atoms with Crippen LogP contribution in [-0.4, -0.2) is 22.0 Å². The molecule has 0 saturated heterocycles. The molecule has 0 aliphatic carbocycles. The first-order valence-electron chi connectivity index (χ1n) is 6.32. The van der Waals surface area contributed by atoms with Crippen molar-refractivity contribution in [3.05, 3.63) is 71.3 Å². The monoisotopic (exact) mass is 299 g/mol. The average molecular weight is 300 g/mol. The van der Waals surface area contributed by atoms with Gasteiger partial charge in [-0.1, -0.05) is 42.5 Å². The zero-order chi connectivity index (χ0) is 15.0. The zero-order valence-electron chi connectivity index (χ0n) is 10.8. The van der Waals surface area contributed by atoms with Crippen molar-refractivity contribution in [3.8, 4) is 0 Å². The number of imide groups is 1. The molecule has 1 heterocycles. The van der Waals surface area contributed by atoms with Crippen molar-refractivity contribution in [2.75, 3.05) is 0 Å². The molecule has 2 amide bonds. The normalized spacial score (nSPS) is 15.0. The summed E-state index contributed by atoms with van der Waals surface area (Å²) < 4.78 is 0. The van der Waals surface area contributed by atoms with E-state index in [1.165, 1.54) is 0 Å². The number of carbonyl (C=O) groups is 3. The molecule has 3 rings (SSSR count). The van der Waals surface area contributed by atoms with Crippen LogP contribution in [0.4, 0.5) is 0 Å². The number of benzene rings is 2. The second-order valence-corrected chi connectivity index (χ2v) is 5.02. The lowest BCUT2D eigenvalue weighted by Gasteiger charge is -2.23. The molecule has 0 bridgehead atoms. The molecule has 0 spiro atoms. The van der Waals surface area contributed by atoms with Gasteiger partial charge < -0.3 is 0 Å². The first kappa shape index (κ1) is 13.5. The molecule has 5 heteroatoms. The topological polar surface area (TPSA) is 54.5 Å². The maximum absolute atomic E-state index is 12.4. The summed E-state index contributed by atoms with van der Waals surface area (Å²) in [5.74, 6) is -1.00. The van der Waals surface area contributed by atoms with Gasteiger partial charge in [0.15, 0.2) is 0 Å². The average Bonchev–Trinajstić information content (AvgIpc) is 2.74. The Morgan fingerprint density at radius 3 is 1.81 bits per heavy atom. The molecular weight excluding hydrogens is 290 g/mol. The minimum Gasteiger partial charge on any atom is -0.279 e. The van der Waals surface area contributed by atoms with Crippen molar-refractivity contribution in [2.45, 2.75) is 6.04 Å². The highest BCUT2D eigenvalue weighted by atomic mass is 35.5. The molecule has 21 heavy (non-hydrogen) atoms. The van der Waals surface area contributed by atoms with E-state index in [0.29, 0.717) is 16.7 Å². The third-order valence-electron chi connectivity index (χ3n) is 3.41. The summed E-state index contributed by atoms with van der Waals surface area (Å²) in [6.45, 7) is 0. The first-order valence-corrected chi connectivity index (χ1v) is 6.70. The van der Waals surface area contributed by atoms with E-state index in [4.69, 9.17) is 11.6 Å². The van der Waals surface area contributed by atoms with E-state index in [1.54, 1.807) is 54.6 Å². The second-order valence-electron chi connectivity index (χ2n) is 4.64. The Kier molecular flexibility index (Phi) is 3.31. The van der Waals surface area contributed by atoms with Crippen LogP contribution >= 0.6 is 11.6 Å². The Bertz CT molecular complexity index is 707. The summed E-state index contributed by atoms with van der Waals surface area (Å²) in [6.07, 6.45) is 0. The van der Waals surface area contributed by atoms with Crippen molar-refractivity contribution >= 4 is 28.7 Å². The largest absolute Gasteiger partial charge is 0.279 e. The fraction of sp³-hybridized carbons (Fsp3) is 0.0625. The standard InChI is InChI=1S/C16H10ClNO3/c17-14(19)13(10-6-2-1-3-7-10)18-15(20)11-8-4-5-9-12(11)16(18)21/h1-9,13H/t13-/m0/s1. The zero-order valence-corrected chi connectivity index (χ0v) is 11.6. The van der Waals surface area contributed by atoms with Crippen LogP contribution < -0.4 is 0 Å². The Balaban J connectivity index is 2.09. The molecule has 4 nitrogen and oxygen atoms in total. The SMILES string of the molecule is O=C(Cl)[C@H](c1ccccc1)N1C(=O)c2ccccc2C1=O. The molecule has 0 aromatic heterocycles. The van der Waals surface area contributed by atoms with Crippen LogP contribution in [-0.2, 0) is 4.79 Å². The molecule has 2 aromatic rings. The van der Waals surface area contributed by atoms with Gasteiger partial charge in [0.05, 0.1) is 11.1 Å². The van der Waals surface area contributed by atoms with E-state index in [9.17, 15) is 14.4 Å². The molecule has 0 saturated carbocycles. The molecule has 1 aliphatic rings. The van der Waals surface area contributed by atoms with E-state index in [1.807, 2.05) is 0 Å². The van der Waals surface area contributed by atoms with E-state index >= 15 is 0 Å². The van der Waals surface area contributed by atoms with Crippen LogP contribution in [0, 0.1) is 0 Å². The predicted octanol–water partition coefficient (Wildman–Crippen LogP) is 2.79. The van der Waals surface area contributed by atoms with Crippen molar-refractivity contribution in [2.24, 2.45) is 0 Å². The molecule has 0 unspecified atom stereocenters. The maximum atomic E-state index is 12.4. The highest BCUT2D eigenvalue weighted by Crippen LogP contribution is 2.32. The number of halogens is 1. The fourth-order valence-corrected chi connectivity index (χ4v) is 2.68.